The lowest BCUT2D eigenvalue weighted by atomic mass is 9.73. The summed E-state index contributed by atoms with van der Waals surface area (Å²) in [5.41, 5.74) is 2.23. The van der Waals surface area contributed by atoms with Crippen molar-refractivity contribution in [1.29, 1.82) is 0 Å². The van der Waals surface area contributed by atoms with Crippen LogP contribution in [0, 0.1) is 17.8 Å². The quantitative estimate of drug-likeness (QED) is 0.658. The number of rotatable bonds is 6. The zero-order valence-electron chi connectivity index (χ0n) is 18.9. The van der Waals surface area contributed by atoms with Gasteiger partial charge in [0.05, 0.1) is 5.25 Å². The highest BCUT2D eigenvalue weighted by Crippen LogP contribution is 2.40. The summed E-state index contributed by atoms with van der Waals surface area (Å²) in [7, 11) is -3.26. The molecule has 5 nitrogen and oxygen atoms in total. The van der Waals surface area contributed by atoms with E-state index in [1.165, 1.54) is 24.8 Å². The summed E-state index contributed by atoms with van der Waals surface area (Å²) < 4.78 is 26.9. The van der Waals surface area contributed by atoms with Gasteiger partial charge in [0.2, 0.25) is 15.9 Å². The fraction of sp³-hybridized carbons (Fsp3) is 0.708. The average molecular weight is 435 g/mol. The van der Waals surface area contributed by atoms with Crippen molar-refractivity contribution < 1.29 is 13.2 Å². The molecule has 2 aliphatic rings. The van der Waals surface area contributed by atoms with Gasteiger partial charge >= 0.3 is 0 Å². The molecule has 2 fully saturated rings. The van der Waals surface area contributed by atoms with Crippen molar-refractivity contribution in [3.8, 4) is 0 Å². The lowest BCUT2D eigenvalue weighted by Gasteiger charge is -2.33. The third-order valence-corrected chi connectivity index (χ3v) is 8.99. The van der Waals surface area contributed by atoms with Gasteiger partial charge in [-0.3, -0.25) is 4.79 Å². The van der Waals surface area contributed by atoms with Crippen molar-refractivity contribution in [2.75, 3.05) is 5.32 Å². The molecule has 6 heteroatoms. The van der Waals surface area contributed by atoms with Crippen molar-refractivity contribution in [2.45, 2.75) is 89.9 Å². The number of sulfonamides is 1. The van der Waals surface area contributed by atoms with E-state index >= 15 is 0 Å². The van der Waals surface area contributed by atoms with Crippen LogP contribution in [0.3, 0.4) is 0 Å². The molecule has 1 amide bonds. The van der Waals surface area contributed by atoms with Gasteiger partial charge in [-0.05, 0) is 87.8 Å². The molecule has 168 valence electrons. The fourth-order valence-corrected chi connectivity index (χ4v) is 6.03. The maximum absolute atomic E-state index is 12.7. The van der Waals surface area contributed by atoms with Gasteiger partial charge in [0.1, 0.15) is 0 Å². The molecule has 0 radical (unpaired) electrons. The molecule has 0 heterocycles. The summed E-state index contributed by atoms with van der Waals surface area (Å²) in [6.07, 6.45) is 6.68. The normalized spacial score (nSPS) is 30.2. The summed E-state index contributed by atoms with van der Waals surface area (Å²) in [5, 5.41) is 2.63. The molecule has 1 aromatic carbocycles. The van der Waals surface area contributed by atoms with E-state index in [-0.39, 0.29) is 17.9 Å². The first-order valence-corrected chi connectivity index (χ1v) is 13.1. The minimum atomic E-state index is -3.26. The Morgan fingerprint density at radius 2 is 1.60 bits per heavy atom. The Balaban J connectivity index is 1.50. The van der Waals surface area contributed by atoms with E-state index in [9.17, 15) is 13.2 Å². The predicted octanol–water partition coefficient (Wildman–Crippen LogP) is 5.05. The topological polar surface area (TPSA) is 75.3 Å². The fourth-order valence-electron chi connectivity index (χ4n) is 5.06. The largest absolute Gasteiger partial charge is 0.326 e. The Morgan fingerprint density at radius 3 is 2.17 bits per heavy atom. The van der Waals surface area contributed by atoms with Gasteiger partial charge in [-0.15, -0.1) is 0 Å². The highest BCUT2D eigenvalue weighted by Gasteiger charge is 2.30. The molecule has 3 atom stereocenters. The number of carbonyl (C=O) groups excluding carboxylic acids is 1. The Labute approximate surface area is 182 Å². The maximum atomic E-state index is 12.7. The van der Waals surface area contributed by atoms with Gasteiger partial charge in [-0.1, -0.05) is 32.4 Å². The standard InChI is InChI=1S/C24H38N2O3S/c1-16(2)30(28,29)26-22-12-8-20(9-13-22)24(27)25-21-10-6-19(7-11-21)23-14-5-17(3)15-18(23)4/h6-7,10-11,16-18,20,22-23,26H,5,8-9,12-15H2,1-4H3,(H,25,27)/t17?,18?,20-,22-,23?. The molecule has 0 spiro atoms. The van der Waals surface area contributed by atoms with E-state index < -0.39 is 15.3 Å². The van der Waals surface area contributed by atoms with Crippen molar-refractivity contribution >= 4 is 21.6 Å². The van der Waals surface area contributed by atoms with E-state index in [0.717, 1.165) is 11.6 Å². The molecule has 0 aromatic heterocycles. The smallest absolute Gasteiger partial charge is 0.227 e. The van der Waals surface area contributed by atoms with Crippen LogP contribution in [0.25, 0.3) is 0 Å². The third-order valence-electron chi connectivity index (χ3n) is 7.09. The molecule has 1 aromatic rings. The molecule has 3 unspecified atom stereocenters. The van der Waals surface area contributed by atoms with E-state index in [1.807, 2.05) is 12.1 Å². The van der Waals surface area contributed by atoms with Crippen LogP contribution < -0.4 is 10.0 Å². The molecule has 3 rings (SSSR count). The highest BCUT2D eigenvalue weighted by molar-refractivity contribution is 7.90. The second-order valence-electron chi connectivity index (χ2n) is 9.87. The Morgan fingerprint density at radius 1 is 0.967 bits per heavy atom. The van der Waals surface area contributed by atoms with E-state index in [1.54, 1.807) is 13.8 Å². The van der Waals surface area contributed by atoms with Gasteiger partial charge < -0.3 is 5.32 Å². The summed E-state index contributed by atoms with van der Waals surface area (Å²) in [6, 6.07) is 8.34. The van der Waals surface area contributed by atoms with Crippen LogP contribution in [0.4, 0.5) is 5.69 Å². The van der Waals surface area contributed by atoms with Crippen molar-refractivity contribution in [3.05, 3.63) is 29.8 Å². The van der Waals surface area contributed by atoms with Crippen molar-refractivity contribution in [2.24, 2.45) is 17.8 Å². The number of amides is 1. The van der Waals surface area contributed by atoms with Crippen molar-refractivity contribution in [3.63, 3.8) is 0 Å². The van der Waals surface area contributed by atoms with Gasteiger partial charge in [-0.25, -0.2) is 13.1 Å². The van der Waals surface area contributed by atoms with Gasteiger partial charge in [-0.2, -0.15) is 0 Å². The number of nitrogens with one attached hydrogen (secondary N) is 2. The lowest BCUT2D eigenvalue weighted by Crippen LogP contribution is -2.42. The number of carbonyl (C=O) groups is 1. The number of benzene rings is 1. The van der Waals surface area contributed by atoms with Gasteiger partial charge in [0, 0.05) is 17.6 Å². The molecule has 0 bridgehead atoms. The lowest BCUT2D eigenvalue weighted by molar-refractivity contribution is -0.120. The first-order valence-electron chi connectivity index (χ1n) is 11.6. The Bertz CT molecular complexity index is 811. The Hall–Kier alpha value is -1.40. The molecule has 0 aliphatic heterocycles. The van der Waals surface area contributed by atoms with E-state index in [4.69, 9.17) is 0 Å². The molecule has 30 heavy (non-hydrogen) atoms. The van der Waals surface area contributed by atoms with Crippen LogP contribution in [0.2, 0.25) is 0 Å². The zero-order valence-corrected chi connectivity index (χ0v) is 19.7. The SMILES string of the molecule is CC1CCC(c2ccc(NC(=O)[C@H]3CC[C@H](NS(=O)(=O)C(C)C)CC3)cc2)C(C)C1. The zero-order chi connectivity index (χ0) is 21.9. The average Bonchev–Trinajstić information content (AvgIpc) is 2.69. The van der Waals surface area contributed by atoms with E-state index in [2.05, 4.69) is 36.0 Å². The number of anilines is 1. The van der Waals surface area contributed by atoms with Crippen molar-refractivity contribution in [1.82, 2.24) is 4.72 Å². The monoisotopic (exact) mass is 434 g/mol. The molecular formula is C24H38N2O3S. The highest BCUT2D eigenvalue weighted by atomic mass is 32.2. The molecular weight excluding hydrogens is 396 g/mol. The van der Waals surface area contributed by atoms with E-state index in [0.29, 0.717) is 37.5 Å². The summed E-state index contributed by atoms with van der Waals surface area (Å²) >= 11 is 0. The van der Waals surface area contributed by atoms with Crippen LogP contribution in [0.1, 0.15) is 84.1 Å². The summed E-state index contributed by atoms with van der Waals surface area (Å²) in [4.78, 5) is 12.7. The van der Waals surface area contributed by atoms with Crippen LogP contribution in [-0.4, -0.2) is 25.6 Å². The van der Waals surface area contributed by atoms with Gasteiger partial charge in [0.25, 0.3) is 0 Å². The van der Waals surface area contributed by atoms with Crippen LogP contribution in [-0.2, 0) is 14.8 Å². The first kappa shape index (κ1) is 23.3. The number of hydrogen-bond acceptors (Lipinski definition) is 3. The minimum absolute atomic E-state index is 0.0489. The summed E-state index contributed by atoms with van der Waals surface area (Å²) in [6.45, 7) is 8.07. The molecule has 2 aliphatic carbocycles. The summed E-state index contributed by atoms with van der Waals surface area (Å²) in [5.74, 6) is 2.15. The third kappa shape index (κ3) is 5.85. The Kier molecular flexibility index (Phi) is 7.61. The minimum Gasteiger partial charge on any atom is -0.326 e. The molecule has 2 N–H and O–H groups in total. The van der Waals surface area contributed by atoms with Crippen LogP contribution in [0.5, 0.6) is 0 Å². The predicted molar refractivity (Wildman–Crippen MR) is 123 cm³/mol. The number of hydrogen-bond donors (Lipinski definition) is 2. The first-order chi connectivity index (χ1) is 14.2. The van der Waals surface area contributed by atoms with Crippen LogP contribution >= 0.6 is 0 Å². The maximum Gasteiger partial charge on any atom is 0.227 e. The molecule has 2 saturated carbocycles. The second-order valence-corrected chi connectivity index (χ2v) is 12.1. The second kappa shape index (κ2) is 9.82. The molecule has 0 saturated heterocycles. The van der Waals surface area contributed by atoms with Crippen LogP contribution in [0.15, 0.2) is 24.3 Å². The van der Waals surface area contributed by atoms with Gasteiger partial charge in [0.15, 0.2) is 0 Å².